The van der Waals surface area contributed by atoms with E-state index in [9.17, 15) is 5.21 Å². The average Bonchev–Trinajstić information content (AvgIpc) is 1.90. The molecule has 0 unspecified atom stereocenters. The number of nitrogens with two attached hydrogens (primary N) is 1. The van der Waals surface area contributed by atoms with Gasteiger partial charge < -0.3 is 10.7 Å². The van der Waals surface area contributed by atoms with Crippen molar-refractivity contribution in [2.75, 3.05) is 0 Å². The summed E-state index contributed by atoms with van der Waals surface area (Å²) in [4.78, 5) is 3.78. The number of halogens is 1. The van der Waals surface area contributed by atoms with E-state index in [1.54, 1.807) is 18.3 Å². The van der Waals surface area contributed by atoms with Gasteiger partial charge in [0.15, 0.2) is 0 Å². The van der Waals surface area contributed by atoms with Crippen molar-refractivity contribution in [2.45, 2.75) is 0 Å². The van der Waals surface area contributed by atoms with Gasteiger partial charge in [-0.25, -0.2) is 4.98 Å². The Bertz CT molecular complexity index is 187. The monoisotopic (exact) mass is 188 g/mol. The zero-order valence-corrected chi connectivity index (χ0v) is 6.13. The Morgan fingerprint density at radius 1 is 1.56 bits per heavy atom. The van der Waals surface area contributed by atoms with Gasteiger partial charge in [-0.2, -0.15) is 0 Å². The normalized spacial score (nSPS) is 9.56. The molecule has 1 rings (SSSR count). The molecular weight excluding hydrogens is 184 g/mol. The average molecular weight is 189 g/mol. The summed E-state index contributed by atoms with van der Waals surface area (Å²) >= 11 is 3.20. The minimum Gasteiger partial charge on any atom is -0.629 e. The summed E-state index contributed by atoms with van der Waals surface area (Å²) in [6.07, 6.45) is 1.59. The Hall–Kier alpha value is -0.450. The van der Waals surface area contributed by atoms with Gasteiger partial charge in [0.25, 0.3) is 0 Å². The fourth-order valence-electron chi connectivity index (χ4n) is 0.457. The molecule has 9 heavy (non-hydrogen) atoms. The quantitative estimate of drug-likeness (QED) is 0.655. The Morgan fingerprint density at radius 2 is 2.33 bits per heavy atom. The molecule has 1 aromatic rings. The Labute approximate surface area is 60.8 Å². The van der Waals surface area contributed by atoms with Crippen molar-refractivity contribution in [3.63, 3.8) is 0 Å². The Morgan fingerprint density at radius 3 is 2.78 bits per heavy atom. The summed E-state index contributed by atoms with van der Waals surface area (Å²) in [7, 11) is 0. The molecule has 0 aliphatic carbocycles. The van der Waals surface area contributed by atoms with Crippen molar-refractivity contribution < 1.29 is 5.48 Å². The van der Waals surface area contributed by atoms with Crippen LogP contribution in [0.25, 0.3) is 0 Å². The SMILES string of the molecule is [O-][NH2+]c1ccc(Br)cn1. The predicted octanol–water partition coefficient (Wildman–Crippen LogP) is 0.537. The van der Waals surface area contributed by atoms with Gasteiger partial charge in [-0.1, -0.05) is 0 Å². The standard InChI is InChI=1S/C5H5BrN2O/c6-4-1-2-5(8-9)7-3-4/h1-3H,8H2. The first kappa shape index (κ1) is 6.67. The summed E-state index contributed by atoms with van der Waals surface area (Å²) in [6, 6.07) is 3.42. The van der Waals surface area contributed by atoms with Crippen LogP contribution < -0.4 is 5.48 Å². The fourth-order valence-corrected chi connectivity index (χ4v) is 0.692. The summed E-state index contributed by atoms with van der Waals surface area (Å²) < 4.78 is 0.883. The molecule has 0 saturated carbocycles. The summed E-state index contributed by atoms with van der Waals surface area (Å²) in [5.74, 6) is 0.457. The highest BCUT2D eigenvalue weighted by Gasteiger charge is 1.89. The number of pyridine rings is 1. The molecule has 0 bridgehead atoms. The Balaban J connectivity index is 2.88. The molecule has 0 saturated heterocycles. The zero-order chi connectivity index (χ0) is 6.69. The van der Waals surface area contributed by atoms with E-state index in [2.05, 4.69) is 20.9 Å². The van der Waals surface area contributed by atoms with Crippen LogP contribution in [0.4, 0.5) is 5.82 Å². The minimum atomic E-state index is 0.457. The van der Waals surface area contributed by atoms with E-state index in [0.29, 0.717) is 11.3 Å². The van der Waals surface area contributed by atoms with Gasteiger partial charge in [0.05, 0.1) is 0 Å². The molecule has 3 nitrogen and oxygen atoms in total. The lowest BCUT2D eigenvalue weighted by atomic mass is 10.5. The van der Waals surface area contributed by atoms with E-state index in [1.165, 1.54) is 0 Å². The van der Waals surface area contributed by atoms with E-state index in [0.717, 1.165) is 4.47 Å². The summed E-state index contributed by atoms with van der Waals surface area (Å²) in [5, 5.41) is 10.0. The third-order valence-electron chi connectivity index (χ3n) is 0.871. The van der Waals surface area contributed by atoms with E-state index in [1.807, 2.05) is 0 Å². The van der Waals surface area contributed by atoms with Gasteiger partial charge in [0.2, 0.25) is 5.82 Å². The van der Waals surface area contributed by atoms with E-state index >= 15 is 0 Å². The van der Waals surface area contributed by atoms with Crippen molar-refractivity contribution >= 4 is 21.7 Å². The van der Waals surface area contributed by atoms with Crippen LogP contribution in [0.2, 0.25) is 0 Å². The molecule has 0 atom stereocenters. The molecule has 1 aromatic heterocycles. The van der Waals surface area contributed by atoms with Crippen molar-refractivity contribution in [1.29, 1.82) is 0 Å². The summed E-state index contributed by atoms with van der Waals surface area (Å²) in [6.45, 7) is 0. The molecule has 1 heterocycles. The number of hydrogen-bond acceptors (Lipinski definition) is 2. The van der Waals surface area contributed by atoms with Gasteiger partial charge in [0, 0.05) is 16.7 Å². The highest BCUT2D eigenvalue weighted by molar-refractivity contribution is 9.10. The smallest absolute Gasteiger partial charge is 0.224 e. The van der Waals surface area contributed by atoms with Crippen molar-refractivity contribution in [1.82, 2.24) is 4.98 Å². The first-order chi connectivity index (χ1) is 4.33. The third-order valence-corrected chi connectivity index (χ3v) is 1.34. The lowest BCUT2D eigenvalue weighted by Gasteiger charge is -1.97. The largest absolute Gasteiger partial charge is 0.629 e. The van der Waals surface area contributed by atoms with Crippen LogP contribution >= 0.6 is 15.9 Å². The first-order valence-corrected chi connectivity index (χ1v) is 3.19. The second-order valence-corrected chi connectivity index (χ2v) is 2.43. The van der Waals surface area contributed by atoms with Gasteiger partial charge in [0.1, 0.15) is 0 Å². The maximum Gasteiger partial charge on any atom is 0.224 e. The minimum absolute atomic E-state index is 0.457. The number of nitrogens with zero attached hydrogens (tertiary/aromatic N) is 1. The van der Waals surface area contributed by atoms with Gasteiger partial charge in [-0.15, -0.1) is 0 Å². The number of aromatic nitrogens is 1. The van der Waals surface area contributed by atoms with Crippen LogP contribution in [0.5, 0.6) is 0 Å². The highest BCUT2D eigenvalue weighted by Crippen LogP contribution is 2.06. The maximum atomic E-state index is 10.0. The molecule has 0 spiro atoms. The zero-order valence-electron chi connectivity index (χ0n) is 4.54. The van der Waals surface area contributed by atoms with Crippen LogP contribution in [-0.2, 0) is 0 Å². The topological polar surface area (TPSA) is 52.6 Å². The van der Waals surface area contributed by atoms with Gasteiger partial charge >= 0.3 is 0 Å². The van der Waals surface area contributed by atoms with Crippen LogP contribution in [0, 0.1) is 5.21 Å². The molecule has 0 fully saturated rings. The number of quaternary nitrogens is 1. The van der Waals surface area contributed by atoms with Crippen LogP contribution in [0.1, 0.15) is 0 Å². The van der Waals surface area contributed by atoms with E-state index in [4.69, 9.17) is 0 Å². The lowest BCUT2D eigenvalue weighted by Crippen LogP contribution is -2.70. The molecule has 2 N–H and O–H groups in total. The van der Waals surface area contributed by atoms with Gasteiger partial charge in [-0.3, -0.25) is 0 Å². The second kappa shape index (κ2) is 2.91. The van der Waals surface area contributed by atoms with Crippen molar-refractivity contribution in [3.8, 4) is 0 Å². The fraction of sp³-hybridized carbons (Fsp3) is 0. The van der Waals surface area contributed by atoms with Gasteiger partial charge in [-0.05, 0) is 22.0 Å². The number of hydrogen-bond donors (Lipinski definition) is 1. The number of rotatable bonds is 1. The van der Waals surface area contributed by atoms with Crippen molar-refractivity contribution in [3.05, 3.63) is 28.0 Å². The molecule has 0 amide bonds. The maximum absolute atomic E-state index is 10.0. The molecule has 4 heteroatoms. The van der Waals surface area contributed by atoms with Crippen LogP contribution in [0.15, 0.2) is 22.8 Å². The van der Waals surface area contributed by atoms with Crippen LogP contribution in [-0.4, -0.2) is 4.98 Å². The van der Waals surface area contributed by atoms with E-state index in [-0.39, 0.29) is 0 Å². The van der Waals surface area contributed by atoms with Crippen molar-refractivity contribution in [2.24, 2.45) is 0 Å². The first-order valence-electron chi connectivity index (χ1n) is 2.39. The molecule has 0 aliphatic heterocycles. The summed E-state index contributed by atoms with van der Waals surface area (Å²) in [5.41, 5.74) is 0.715. The lowest BCUT2D eigenvalue weighted by molar-refractivity contribution is -0.501. The highest BCUT2D eigenvalue weighted by atomic mass is 79.9. The second-order valence-electron chi connectivity index (χ2n) is 1.52. The Kier molecular flexibility index (Phi) is 2.16. The van der Waals surface area contributed by atoms with Crippen LogP contribution in [0.3, 0.4) is 0 Å². The third kappa shape index (κ3) is 1.74. The molecular formula is C5H5BrN2O. The molecule has 0 radical (unpaired) electrons. The molecule has 48 valence electrons. The van der Waals surface area contributed by atoms with E-state index < -0.39 is 0 Å². The molecule has 0 aliphatic rings. The molecule has 0 aromatic carbocycles. The predicted molar refractivity (Wildman–Crippen MR) is 36.9 cm³/mol.